The van der Waals surface area contributed by atoms with Crippen LogP contribution < -0.4 is 5.32 Å². The van der Waals surface area contributed by atoms with Crippen molar-refractivity contribution in [3.05, 3.63) is 46.8 Å². The standard InChI is InChI=1S/C11H7ClN2O4/c12-7-5-6(11(16)17)1-2-8(7)14-10(15)9-3-4-13-18-9/h1-5H,(H,14,15)(H,16,17). The van der Waals surface area contributed by atoms with E-state index in [2.05, 4.69) is 15.0 Å². The largest absolute Gasteiger partial charge is 0.478 e. The van der Waals surface area contributed by atoms with E-state index in [-0.39, 0.29) is 16.3 Å². The highest BCUT2D eigenvalue weighted by Gasteiger charge is 2.13. The van der Waals surface area contributed by atoms with Crippen LogP contribution in [0.5, 0.6) is 0 Å². The number of aromatic nitrogens is 1. The Kier molecular flexibility index (Phi) is 3.29. The summed E-state index contributed by atoms with van der Waals surface area (Å²) < 4.78 is 4.67. The number of anilines is 1. The van der Waals surface area contributed by atoms with Crippen molar-refractivity contribution in [2.45, 2.75) is 0 Å². The Labute approximate surface area is 106 Å². The fourth-order valence-electron chi connectivity index (χ4n) is 1.27. The zero-order chi connectivity index (χ0) is 13.1. The third kappa shape index (κ3) is 2.49. The summed E-state index contributed by atoms with van der Waals surface area (Å²) in [4.78, 5) is 22.3. The molecule has 1 amide bonds. The lowest BCUT2D eigenvalue weighted by Crippen LogP contribution is -2.11. The van der Waals surface area contributed by atoms with Gasteiger partial charge in [0.2, 0.25) is 5.76 Å². The second-order valence-corrected chi connectivity index (χ2v) is 3.74. The van der Waals surface area contributed by atoms with E-state index in [4.69, 9.17) is 16.7 Å². The van der Waals surface area contributed by atoms with Gasteiger partial charge in [-0.2, -0.15) is 0 Å². The first-order valence-corrected chi connectivity index (χ1v) is 5.20. The van der Waals surface area contributed by atoms with Crippen molar-refractivity contribution in [1.29, 1.82) is 0 Å². The molecule has 0 unspecified atom stereocenters. The lowest BCUT2D eigenvalue weighted by Gasteiger charge is -2.05. The maximum Gasteiger partial charge on any atom is 0.335 e. The summed E-state index contributed by atoms with van der Waals surface area (Å²) in [7, 11) is 0. The molecular formula is C11H7ClN2O4. The fourth-order valence-corrected chi connectivity index (χ4v) is 1.49. The molecule has 0 saturated carbocycles. The highest BCUT2D eigenvalue weighted by atomic mass is 35.5. The van der Waals surface area contributed by atoms with Gasteiger partial charge in [0.1, 0.15) is 0 Å². The van der Waals surface area contributed by atoms with Gasteiger partial charge >= 0.3 is 5.97 Å². The number of hydrogen-bond donors (Lipinski definition) is 2. The quantitative estimate of drug-likeness (QED) is 0.889. The SMILES string of the molecule is O=C(O)c1ccc(NC(=O)c2ccno2)c(Cl)c1. The predicted octanol–water partition coefficient (Wildman–Crippen LogP) is 2.28. The van der Waals surface area contributed by atoms with Crippen LogP contribution in [-0.2, 0) is 0 Å². The van der Waals surface area contributed by atoms with Gasteiger partial charge in [0.05, 0.1) is 22.5 Å². The number of aromatic carboxylic acids is 1. The van der Waals surface area contributed by atoms with Crippen LogP contribution >= 0.6 is 11.6 Å². The molecular weight excluding hydrogens is 260 g/mol. The summed E-state index contributed by atoms with van der Waals surface area (Å²) in [6.45, 7) is 0. The number of benzene rings is 1. The first-order chi connectivity index (χ1) is 8.58. The van der Waals surface area contributed by atoms with Crippen LogP contribution in [0.4, 0.5) is 5.69 Å². The number of nitrogens with zero attached hydrogens (tertiary/aromatic N) is 1. The monoisotopic (exact) mass is 266 g/mol. The molecule has 1 aromatic carbocycles. The molecule has 0 aliphatic rings. The minimum atomic E-state index is -1.09. The van der Waals surface area contributed by atoms with Gasteiger partial charge in [0.25, 0.3) is 5.91 Å². The van der Waals surface area contributed by atoms with Crippen molar-refractivity contribution in [1.82, 2.24) is 5.16 Å². The highest BCUT2D eigenvalue weighted by molar-refractivity contribution is 6.34. The molecule has 92 valence electrons. The van der Waals surface area contributed by atoms with Gasteiger partial charge in [0, 0.05) is 6.07 Å². The van der Waals surface area contributed by atoms with Crippen molar-refractivity contribution in [3.63, 3.8) is 0 Å². The van der Waals surface area contributed by atoms with Crippen LogP contribution in [0.25, 0.3) is 0 Å². The average molecular weight is 267 g/mol. The predicted molar refractivity (Wildman–Crippen MR) is 62.9 cm³/mol. The van der Waals surface area contributed by atoms with E-state index in [9.17, 15) is 9.59 Å². The van der Waals surface area contributed by atoms with E-state index in [1.54, 1.807) is 0 Å². The smallest absolute Gasteiger partial charge is 0.335 e. The third-order valence-electron chi connectivity index (χ3n) is 2.13. The molecule has 0 atom stereocenters. The van der Waals surface area contributed by atoms with E-state index >= 15 is 0 Å². The Balaban J connectivity index is 2.20. The first kappa shape index (κ1) is 12.1. The molecule has 0 saturated heterocycles. The highest BCUT2D eigenvalue weighted by Crippen LogP contribution is 2.23. The fraction of sp³-hybridized carbons (Fsp3) is 0. The number of nitrogens with one attached hydrogen (secondary N) is 1. The summed E-state index contributed by atoms with van der Waals surface area (Å²) >= 11 is 5.85. The van der Waals surface area contributed by atoms with E-state index in [0.717, 1.165) is 0 Å². The Morgan fingerprint density at radius 2 is 2.11 bits per heavy atom. The topological polar surface area (TPSA) is 92.4 Å². The molecule has 18 heavy (non-hydrogen) atoms. The molecule has 6 nitrogen and oxygen atoms in total. The molecule has 0 bridgehead atoms. The van der Waals surface area contributed by atoms with Gasteiger partial charge in [-0.25, -0.2) is 4.79 Å². The van der Waals surface area contributed by atoms with Gasteiger partial charge in [-0.3, -0.25) is 4.79 Å². The molecule has 1 heterocycles. The lowest BCUT2D eigenvalue weighted by atomic mass is 10.2. The van der Waals surface area contributed by atoms with E-state index < -0.39 is 11.9 Å². The average Bonchev–Trinajstić information content (AvgIpc) is 2.85. The molecule has 0 spiro atoms. The molecule has 0 radical (unpaired) electrons. The zero-order valence-corrected chi connectivity index (χ0v) is 9.64. The molecule has 0 aliphatic carbocycles. The van der Waals surface area contributed by atoms with Crippen LogP contribution in [-0.4, -0.2) is 22.1 Å². The van der Waals surface area contributed by atoms with Crippen LogP contribution in [0, 0.1) is 0 Å². The Morgan fingerprint density at radius 1 is 1.33 bits per heavy atom. The van der Waals surface area contributed by atoms with Crippen molar-refractivity contribution in [2.24, 2.45) is 0 Å². The Morgan fingerprint density at radius 3 is 2.67 bits per heavy atom. The molecule has 2 N–H and O–H groups in total. The number of carboxylic acids is 1. The van der Waals surface area contributed by atoms with Crippen LogP contribution in [0.1, 0.15) is 20.9 Å². The first-order valence-electron chi connectivity index (χ1n) is 4.83. The molecule has 0 aliphatic heterocycles. The number of carbonyl (C=O) groups is 2. The number of amides is 1. The summed E-state index contributed by atoms with van der Waals surface area (Å²) in [6, 6.07) is 5.39. The molecule has 0 fully saturated rings. The second-order valence-electron chi connectivity index (χ2n) is 3.33. The van der Waals surface area contributed by atoms with Crippen molar-refractivity contribution in [2.75, 3.05) is 5.32 Å². The second kappa shape index (κ2) is 4.89. The van der Waals surface area contributed by atoms with Crippen molar-refractivity contribution >= 4 is 29.2 Å². The number of hydrogen-bond acceptors (Lipinski definition) is 4. The van der Waals surface area contributed by atoms with Gasteiger partial charge in [0.15, 0.2) is 0 Å². The zero-order valence-electron chi connectivity index (χ0n) is 8.88. The van der Waals surface area contributed by atoms with Crippen molar-refractivity contribution in [3.8, 4) is 0 Å². The number of carboxylic acid groups (broad SMARTS) is 1. The van der Waals surface area contributed by atoms with Gasteiger partial charge in [-0.15, -0.1) is 0 Å². The van der Waals surface area contributed by atoms with Crippen LogP contribution in [0.2, 0.25) is 5.02 Å². The maximum atomic E-state index is 11.6. The number of carbonyl (C=O) groups excluding carboxylic acids is 1. The minimum Gasteiger partial charge on any atom is -0.478 e. The minimum absolute atomic E-state index is 0.0355. The normalized spacial score (nSPS) is 10.1. The summed E-state index contributed by atoms with van der Waals surface area (Å²) in [5.41, 5.74) is 0.334. The molecule has 7 heteroatoms. The Hall–Kier alpha value is -2.34. The number of halogens is 1. The summed E-state index contributed by atoms with van der Waals surface area (Å²) in [6.07, 6.45) is 1.34. The van der Waals surface area contributed by atoms with E-state index in [1.165, 1.54) is 30.5 Å². The maximum absolute atomic E-state index is 11.6. The van der Waals surface area contributed by atoms with Crippen LogP contribution in [0.3, 0.4) is 0 Å². The van der Waals surface area contributed by atoms with Crippen molar-refractivity contribution < 1.29 is 19.2 Å². The van der Waals surface area contributed by atoms with E-state index in [0.29, 0.717) is 5.69 Å². The van der Waals surface area contributed by atoms with Gasteiger partial charge in [-0.05, 0) is 18.2 Å². The van der Waals surface area contributed by atoms with E-state index in [1.807, 2.05) is 0 Å². The van der Waals surface area contributed by atoms with Crippen LogP contribution in [0.15, 0.2) is 35.0 Å². The Bertz CT molecular complexity index is 595. The summed E-state index contributed by atoms with van der Waals surface area (Å²) in [5.74, 6) is -1.57. The lowest BCUT2D eigenvalue weighted by molar-refractivity contribution is 0.0696. The molecule has 2 aromatic rings. The molecule has 2 rings (SSSR count). The number of rotatable bonds is 3. The van der Waals surface area contributed by atoms with Gasteiger partial charge in [-0.1, -0.05) is 16.8 Å². The summed E-state index contributed by atoms with van der Waals surface area (Å²) in [5, 5.41) is 14.8. The van der Waals surface area contributed by atoms with Gasteiger partial charge < -0.3 is 14.9 Å². The third-order valence-corrected chi connectivity index (χ3v) is 2.44. The molecule has 1 aromatic heterocycles.